The van der Waals surface area contributed by atoms with E-state index in [0.717, 1.165) is 0 Å². The predicted octanol–water partition coefficient (Wildman–Crippen LogP) is 4.18. The van der Waals surface area contributed by atoms with E-state index in [-0.39, 0.29) is 22.9 Å². The third-order valence-electron chi connectivity index (χ3n) is 6.09. The molecule has 4 amide bonds. The van der Waals surface area contributed by atoms with E-state index in [1.54, 1.807) is 54.5 Å². The number of anilines is 1. The number of ether oxygens (including phenoxy) is 2. The Morgan fingerprint density at radius 3 is 2.68 bits per heavy atom. The van der Waals surface area contributed by atoms with Gasteiger partial charge in [0, 0.05) is 56.3 Å². The van der Waals surface area contributed by atoms with Crippen molar-refractivity contribution in [2.75, 3.05) is 32.6 Å². The standard InChI is InChI=1S/C26H28ClN5O5/c1-4-24(33)32-10-8-15(14-32)30-26(35)31-20-6-5-16(11-19(20)27)37-22-7-9-29-21-13-23(36-3)18(12-17(21)22)25(34)28-2/h5-7,9,11-13,15H,4,8,10,14H2,1-3H3,(H,28,34)(H2,30,31,35). The Bertz CT molecular complexity index is 1350. The Labute approximate surface area is 219 Å². The summed E-state index contributed by atoms with van der Waals surface area (Å²) >= 11 is 6.43. The molecule has 1 unspecified atom stereocenters. The zero-order valence-electron chi connectivity index (χ0n) is 20.8. The average molecular weight is 526 g/mol. The number of amides is 4. The Kier molecular flexibility index (Phi) is 7.98. The monoisotopic (exact) mass is 525 g/mol. The zero-order valence-corrected chi connectivity index (χ0v) is 21.5. The Morgan fingerprint density at radius 1 is 1.16 bits per heavy atom. The van der Waals surface area contributed by atoms with Crippen LogP contribution in [0.1, 0.15) is 30.1 Å². The molecule has 10 nitrogen and oxygen atoms in total. The van der Waals surface area contributed by atoms with Gasteiger partial charge < -0.3 is 30.3 Å². The van der Waals surface area contributed by atoms with Crippen LogP contribution in [0.15, 0.2) is 42.6 Å². The van der Waals surface area contributed by atoms with Gasteiger partial charge in [-0.15, -0.1) is 0 Å². The summed E-state index contributed by atoms with van der Waals surface area (Å²) in [6.45, 7) is 2.95. The van der Waals surface area contributed by atoms with Gasteiger partial charge in [0.1, 0.15) is 17.2 Å². The third-order valence-corrected chi connectivity index (χ3v) is 6.40. The minimum Gasteiger partial charge on any atom is -0.496 e. The molecule has 1 aromatic heterocycles. The van der Waals surface area contributed by atoms with E-state index in [4.69, 9.17) is 21.1 Å². The van der Waals surface area contributed by atoms with E-state index >= 15 is 0 Å². The summed E-state index contributed by atoms with van der Waals surface area (Å²) in [7, 11) is 3.03. The molecule has 194 valence electrons. The number of hydrogen-bond donors (Lipinski definition) is 3. The van der Waals surface area contributed by atoms with Crippen molar-refractivity contribution in [1.29, 1.82) is 0 Å². The van der Waals surface area contributed by atoms with Crippen LogP contribution in [0.2, 0.25) is 5.02 Å². The molecule has 0 spiro atoms. The maximum absolute atomic E-state index is 12.5. The largest absolute Gasteiger partial charge is 0.496 e. The number of hydrogen-bond acceptors (Lipinski definition) is 6. The number of aromatic nitrogens is 1. The maximum Gasteiger partial charge on any atom is 0.319 e. The number of carbonyl (C=O) groups excluding carboxylic acids is 3. The average Bonchev–Trinajstić information content (AvgIpc) is 3.37. The molecule has 2 heterocycles. The van der Waals surface area contributed by atoms with Crippen molar-refractivity contribution in [1.82, 2.24) is 20.5 Å². The lowest BCUT2D eigenvalue weighted by Gasteiger charge is -2.17. The second-order valence-corrected chi connectivity index (χ2v) is 8.89. The number of benzene rings is 2. The highest BCUT2D eigenvalue weighted by Crippen LogP contribution is 2.35. The van der Waals surface area contributed by atoms with E-state index in [1.165, 1.54) is 7.11 Å². The van der Waals surface area contributed by atoms with Crippen molar-refractivity contribution < 1.29 is 23.9 Å². The van der Waals surface area contributed by atoms with Crippen LogP contribution in [-0.2, 0) is 4.79 Å². The van der Waals surface area contributed by atoms with E-state index in [1.807, 2.05) is 6.92 Å². The number of rotatable bonds is 7. The van der Waals surface area contributed by atoms with Crippen molar-refractivity contribution in [2.45, 2.75) is 25.8 Å². The molecule has 0 aliphatic carbocycles. The number of carbonyl (C=O) groups is 3. The van der Waals surface area contributed by atoms with E-state index in [0.29, 0.717) is 65.3 Å². The highest BCUT2D eigenvalue weighted by Gasteiger charge is 2.26. The van der Waals surface area contributed by atoms with Crippen LogP contribution in [0.25, 0.3) is 10.9 Å². The zero-order chi connectivity index (χ0) is 26.5. The van der Waals surface area contributed by atoms with Gasteiger partial charge in [-0.2, -0.15) is 0 Å². The molecule has 0 bridgehead atoms. The Balaban J connectivity index is 1.47. The summed E-state index contributed by atoms with van der Waals surface area (Å²) in [5, 5.41) is 9.13. The molecular formula is C26H28ClN5O5. The lowest BCUT2D eigenvalue weighted by molar-refractivity contribution is -0.129. The van der Waals surface area contributed by atoms with Crippen molar-refractivity contribution in [2.24, 2.45) is 0 Å². The number of nitrogens with one attached hydrogen (secondary N) is 3. The predicted molar refractivity (Wildman–Crippen MR) is 141 cm³/mol. The second kappa shape index (κ2) is 11.3. The van der Waals surface area contributed by atoms with Crippen molar-refractivity contribution >= 4 is 46.0 Å². The molecule has 1 aliphatic rings. The number of pyridine rings is 1. The van der Waals surface area contributed by atoms with Crippen molar-refractivity contribution in [3.8, 4) is 17.2 Å². The topological polar surface area (TPSA) is 122 Å². The van der Waals surface area contributed by atoms with Gasteiger partial charge in [0.25, 0.3) is 5.91 Å². The van der Waals surface area contributed by atoms with Gasteiger partial charge in [-0.3, -0.25) is 14.6 Å². The first-order valence-corrected chi connectivity index (χ1v) is 12.2. The summed E-state index contributed by atoms with van der Waals surface area (Å²) < 4.78 is 11.4. The normalized spacial score (nSPS) is 14.8. The lowest BCUT2D eigenvalue weighted by atomic mass is 10.1. The minimum absolute atomic E-state index is 0.0781. The number of fused-ring (bicyclic) bond motifs is 1. The number of nitrogens with zero attached hydrogens (tertiary/aromatic N) is 2. The Morgan fingerprint density at radius 2 is 1.97 bits per heavy atom. The molecule has 0 saturated carbocycles. The fourth-order valence-electron chi connectivity index (χ4n) is 4.18. The molecule has 2 aromatic carbocycles. The van der Waals surface area contributed by atoms with Crippen LogP contribution < -0.4 is 25.4 Å². The highest BCUT2D eigenvalue weighted by atomic mass is 35.5. The Hall–Kier alpha value is -4.05. The van der Waals surface area contributed by atoms with Crippen LogP contribution in [0.4, 0.5) is 10.5 Å². The van der Waals surface area contributed by atoms with Crippen molar-refractivity contribution in [3.05, 3.63) is 53.2 Å². The molecule has 11 heteroatoms. The SMILES string of the molecule is CCC(=O)N1CCC(NC(=O)Nc2ccc(Oc3ccnc4cc(OC)c(C(=O)NC)cc34)cc2Cl)C1. The maximum atomic E-state index is 12.5. The number of methoxy groups -OCH3 is 1. The summed E-state index contributed by atoms with van der Waals surface area (Å²) in [4.78, 5) is 42.8. The first-order valence-electron chi connectivity index (χ1n) is 11.8. The fourth-order valence-corrected chi connectivity index (χ4v) is 4.40. The molecule has 3 aromatic rings. The molecule has 1 fully saturated rings. The molecule has 37 heavy (non-hydrogen) atoms. The van der Waals surface area contributed by atoms with Crippen LogP contribution >= 0.6 is 11.6 Å². The van der Waals surface area contributed by atoms with Crippen LogP contribution in [0, 0.1) is 0 Å². The smallest absolute Gasteiger partial charge is 0.319 e. The molecule has 4 rings (SSSR count). The second-order valence-electron chi connectivity index (χ2n) is 8.48. The van der Waals surface area contributed by atoms with Crippen LogP contribution in [-0.4, -0.2) is 61.0 Å². The summed E-state index contributed by atoms with van der Waals surface area (Å²) in [6.07, 6.45) is 2.74. The van der Waals surface area contributed by atoms with Gasteiger partial charge >= 0.3 is 6.03 Å². The van der Waals surface area contributed by atoms with Crippen molar-refractivity contribution in [3.63, 3.8) is 0 Å². The highest BCUT2D eigenvalue weighted by molar-refractivity contribution is 6.33. The van der Waals surface area contributed by atoms with Gasteiger partial charge in [-0.05, 0) is 30.7 Å². The summed E-state index contributed by atoms with van der Waals surface area (Å²) in [5.41, 5.74) is 1.36. The number of urea groups is 1. The molecular weight excluding hydrogens is 498 g/mol. The van der Waals surface area contributed by atoms with Gasteiger partial charge in [0.05, 0.1) is 28.9 Å². The molecule has 1 saturated heterocycles. The fraction of sp³-hybridized carbons (Fsp3) is 0.308. The van der Waals surface area contributed by atoms with Crippen LogP contribution in [0.3, 0.4) is 0 Å². The first-order chi connectivity index (χ1) is 17.8. The van der Waals surface area contributed by atoms with E-state index < -0.39 is 6.03 Å². The van der Waals surface area contributed by atoms with E-state index in [9.17, 15) is 14.4 Å². The first kappa shape index (κ1) is 26.0. The van der Waals surface area contributed by atoms with E-state index in [2.05, 4.69) is 20.9 Å². The number of halogens is 1. The van der Waals surface area contributed by atoms with Gasteiger partial charge in [-0.25, -0.2) is 4.79 Å². The molecule has 0 radical (unpaired) electrons. The molecule has 3 N–H and O–H groups in total. The van der Waals surface area contributed by atoms with Gasteiger partial charge in [0.15, 0.2) is 0 Å². The quantitative estimate of drug-likeness (QED) is 0.425. The number of likely N-dealkylation sites (tertiary alicyclic amines) is 1. The molecule has 1 atom stereocenters. The van der Waals surface area contributed by atoms with Crippen LogP contribution in [0.5, 0.6) is 17.2 Å². The van der Waals surface area contributed by atoms with Gasteiger partial charge in [0.2, 0.25) is 5.91 Å². The third kappa shape index (κ3) is 5.86. The van der Waals surface area contributed by atoms with Gasteiger partial charge in [-0.1, -0.05) is 18.5 Å². The lowest BCUT2D eigenvalue weighted by Crippen LogP contribution is -2.40. The summed E-state index contributed by atoms with van der Waals surface area (Å²) in [6, 6.07) is 9.41. The molecule has 1 aliphatic heterocycles. The minimum atomic E-state index is -0.401. The summed E-state index contributed by atoms with van der Waals surface area (Å²) in [5.74, 6) is 1.09.